The molecule has 0 bridgehead atoms. The van der Waals surface area contributed by atoms with Crippen molar-refractivity contribution < 1.29 is 17.7 Å². The zero-order valence-corrected chi connectivity index (χ0v) is 55.5. The number of furan rings is 4. The molecule has 0 radical (unpaired) electrons. The predicted molar refractivity (Wildman–Crippen MR) is 420 cm³/mol. The van der Waals surface area contributed by atoms with Gasteiger partial charge in [0.1, 0.15) is 55.9 Å². The smallest absolute Gasteiger partial charge is 0.236 e. The largest absolute Gasteiger partial charge is 0.456 e. The predicted octanol–water partition coefficient (Wildman–Crippen LogP) is 26.0. The van der Waals surface area contributed by atoms with Crippen molar-refractivity contribution in [3.05, 3.63) is 284 Å². The molecule has 10 heterocycles. The van der Waals surface area contributed by atoms with Gasteiger partial charge >= 0.3 is 0 Å². The number of halogens is 1. The third-order valence-electron chi connectivity index (χ3n) is 20.0. The summed E-state index contributed by atoms with van der Waals surface area (Å²) in [5, 5.41) is 21.7. The lowest BCUT2D eigenvalue weighted by atomic mass is 10.00. The second-order valence-corrected chi connectivity index (χ2v) is 28.0. The highest BCUT2D eigenvalue weighted by Crippen LogP contribution is 2.50. The molecule has 101 heavy (non-hydrogen) atoms. The SMILES string of the molecule is Clc1nc(-c2ccc3oc4ccccc4c3c2)c2oc3ccccc3c2n1.c1ccc2c(c1)[nH]c1c3ccccc3c3sc4ccccc4c3c21.c1ccc2c(c1)oc1ccc(-c3nc(-n4c5ccccc5c5c6c7ccccc7sc6c6ccccc6c54)nc4c3oc3ccccc34)cc12. The Labute approximate surface area is 583 Å². The first-order chi connectivity index (χ1) is 50.0. The van der Waals surface area contributed by atoms with Crippen LogP contribution < -0.4 is 0 Å². The molecule has 24 rings (SSSR count). The number of hydrogen-bond donors (Lipinski definition) is 1. The van der Waals surface area contributed by atoms with Gasteiger partial charge in [-0.25, -0.2) is 19.9 Å². The fourth-order valence-corrected chi connectivity index (χ4v) is 18.4. The van der Waals surface area contributed by atoms with E-state index in [1.165, 1.54) is 94.5 Å². The lowest BCUT2D eigenvalue weighted by molar-refractivity contribution is 0.666. The number of aromatic amines is 1. The van der Waals surface area contributed by atoms with E-state index in [-0.39, 0.29) is 5.28 Å². The number of hydrogen-bond acceptors (Lipinski definition) is 10. The molecule has 10 nitrogen and oxygen atoms in total. The molecule has 10 aromatic heterocycles. The van der Waals surface area contributed by atoms with E-state index in [2.05, 4.69) is 202 Å². The van der Waals surface area contributed by atoms with Crippen LogP contribution in [-0.4, -0.2) is 29.5 Å². The molecule has 13 heteroatoms. The fraction of sp³-hybridized carbons (Fsp3) is 0. The molecule has 24 aromatic rings. The van der Waals surface area contributed by atoms with Gasteiger partial charge in [-0.15, -0.1) is 22.7 Å². The summed E-state index contributed by atoms with van der Waals surface area (Å²) in [7, 11) is 0. The number of benzene rings is 14. The molecule has 0 atom stereocenters. The summed E-state index contributed by atoms with van der Waals surface area (Å²) >= 11 is 10.0. The zero-order valence-electron chi connectivity index (χ0n) is 53.1. The highest BCUT2D eigenvalue weighted by molar-refractivity contribution is 7.27. The van der Waals surface area contributed by atoms with Crippen LogP contribution in [0.15, 0.2) is 297 Å². The maximum absolute atomic E-state index is 6.58. The Morgan fingerprint density at radius 2 is 0.743 bits per heavy atom. The van der Waals surface area contributed by atoms with E-state index in [4.69, 9.17) is 39.2 Å². The number of nitrogens with one attached hydrogen (secondary N) is 1. The second-order valence-electron chi connectivity index (χ2n) is 25.6. The molecule has 0 fully saturated rings. The molecule has 0 saturated heterocycles. The van der Waals surface area contributed by atoms with Crippen molar-refractivity contribution in [2.75, 3.05) is 0 Å². The van der Waals surface area contributed by atoms with Gasteiger partial charge in [0.25, 0.3) is 0 Å². The molecule has 472 valence electrons. The number of thiophene rings is 2. The molecular formula is C88H47ClN6O4S2. The Hall–Kier alpha value is -12.7. The minimum absolute atomic E-state index is 0.196. The normalized spacial score (nSPS) is 12.2. The van der Waals surface area contributed by atoms with Crippen LogP contribution in [0.4, 0.5) is 0 Å². The van der Waals surface area contributed by atoms with Gasteiger partial charge in [-0.1, -0.05) is 182 Å². The van der Waals surface area contributed by atoms with E-state index < -0.39 is 0 Å². The first-order valence-corrected chi connectivity index (χ1v) is 35.4. The quantitative estimate of drug-likeness (QED) is 0.173. The van der Waals surface area contributed by atoms with Crippen LogP contribution in [0, 0.1) is 0 Å². The van der Waals surface area contributed by atoms with E-state index >= 15 is 0 Å². The topological polar surface area (TPSA) is 125 Å². The number of fused-ring (bicyclic) bond motifs is 32. The Kier molecular flexibility index (Phi) is 12.1. The van der Waals surface area contributed by atoms with Crippen molar-refractivity contribution >= 4 is 228 Å². The van der Waals surface area contributed by atoms with Crippen LogP contribution in [0.25, 0.3) is 222 Å². The van der Waals surface area contributed by atoms with E-state index in [1.807, 2.05) is 120 Å². The Bertz CT molecular complexity index is 7550. The van der Waals surface area contributed by atoms with Crippen molar-refractivity contribution in [2.45, 2.75) is 0 Å². The third kappa shape index (κ3) is 8.38. The van der Waals surface area contributed by atoms with Crippen LogP contribution in [0.3, 0.4) is 0 Å². The van der Waals surface area contributed by atoms with E-state index in [0.717, 1.165) is 105 Å². The number of nitrogens with zero attached hydrogens (tertiary/aromatic N) is 5. The Morgan fingerprint density at radius 1 is 0.317 bits per heavy atom. The van der Waals surface area contributed by atoms with Gasteiger partial charge in [-0.3, -0.25) is 4.57 Å². The van der Waals surface area contributed by atoms with Gasteiger partial charge in [0, 0.05) is 132 Å². The summed E-state index contributed by atoms with van der Waals surface area (Å²) in [5.74, 6) is 0.603. The molecule has 0 aliphatic heterocycles. The average Bonchev–Trinajstić information content (AvgIpc) is 1.55. The van der Waals surface area contributed by atoms with Gasteiger partial charge in [0.15, 0.2) is 11.2 Å². The first-order valence-electron chi connectivity index (χ1n) is 33.3. The lowest BCUT2D eigenvalue weighted by Gasteiger charge is -2.11. The van der Waals surface area contributed by atoms with Gasteiger partial charge in [0.05, 0.1) is 16.6 Å². The van der Waals surface area contributed by atoms with Crippen LogP contribution in [-0.2, 0) is 0 Å². The monoisotopic (exact) mass is 1350 g/mol. The molecule has 0 aliphatic carbocycles. The molecule has 0 saturated carbocycles. The van der Waals surface area contributed by atoms with Gasteiger partial charge in [0.2, 0.25) is 11.2 Å². The van der Waals surface area contributed by atoms with Gasteiger partial charge in [-0.2, -0.15) is 0 Å². The van der Waals surface area contributed by atoms with Crippen molar-refractivity contribution in [3.63, 3.8) is 0 Å². The van der Waals surface area contributed by atoms with Crippen molar-refractivity contribution in [1.82, 2.24) is 29.5 Å². The maximum atomic E-state index is 6.58. The van der Waals surface area contributed by atoms with Crippen LogP contribution >= 0.6 is 34.3 Å². The summed E-state index contributed by atoms with van der Waals surface area (Å²) in [6.07, 6.45) is 0. The molecule has 14 aromatic carbocycles. The summed E-state index contributed by atoms with van der Waals surface area (Å²) < 4.78 is 32.4. The van der Waals surface area contributed by atoms with Gasteiger partial charge in [-0.05, 0) is 109 Å². The molecular weight excluding hydrogens is 1300 g/mol. The number of aromatic nitrogens is 6. The van der Waals surface area contributed by atoms with Crippen LogP contribution in [0.5, 0.6) is 0 Å². The summed E-state index contributed by atoms with van der Waals surface area (Å²) in [6.45, 7) is 0. The molecule has 0 spiro atoms. The standard InChI is InChI=1S/C44H23N3O2S.C22H11ClN2O2.C22H13NS/c1-2-13-27-26(12-1)41-37(38-30-16-6-10-20-36(30)50-43(27)38)28-14-3-7-17-32(28)47(41)44-45-39(42-40(46-44)29-15-5-9-19-34(29)49-42)24-21-22-35-31(23-24)25-11-4-8-18-33(25)48-35;23-22-24-19(21-20(25-22)14-6-2-4-8-17(14)27-21)12-9-10-18-15(11-12)13-5-1-3-7-16(13)26-18;1-2-8-14-13(7-1)21-19(15-9-3-5-11-17(15)23-21)20-16-10-4-6-12-18(16)24-22(14)20/h1-23H;1-11H;1-12,23H. The average molecular weight is 1350 g/mol. The molecule has 0 amide bonds. The Morgan fingerprint density at radius 3 is 1.34 bits per heavy atom. The van der Waals surface area contributed by atoms with E-state index in [9.17, 15) is 0 Å². The van der Waals surface area contributed by atoms with Crippen molar-refractivity contribution in [3.8, 4) is 28.5 Å². The maximum Gasteiger partial charge on any atom is 0.236 e. The van der Waals surface area contributed by atoms with E-state index in [0.29, 0.717) is 22.8 Å². The Balaban J connectivity index is 0.000000106. The molecule has 0 unspecified atom stereocenters. The summed E-state index contributed by atoms with van der Waals surface area (Å²) in [6, 6.07) is 96.6. The molecule has 1 N–H and O–H groups in total. The summed E-state index contributed by atoms with van der Waals surface area (Å²) in [5.41, 5.74) is 15.6. The highest BCUT2D eigenvalue weighted by Gasteiger charge is 2.27. The van der Waals surface area contributed by atoms with Crippen LogP contribution in [0.2, 0.25) is 5.28 Å². The fourth-order valence-electron chi connectivity index (χ4n) is 15.7. The van der Waals surface area contributed by atoms with Gasteiger partial charge < -0.3 is 22.7 Å². The highest BCUT2D eigenvalue weighted by atomic mass is 35.5. The third-order valence-corrected chi connectivity index (χ3v) is 22.6. The van der Waals surface area contributed by atoms with Crippen molar-refractivity contribution in [2.24, 2.45) is 0 Å². The lowest BCUT2D eigenvalue weighted by Crippen LogP contribution is -2.03. The first kappa shape index (κ1) is 56.3. The molecule has 0 aliphatic rings. The summed E-state index contributed by atoms with van der Waals surface area (Å²) in [4.78, 5) is 23.4. The van der Waals surface area contributed by atoms with Crippen molar-refractivity contribution in [1.29, 1.82) is 0 Å². The number of para-hydroxylation sites is 6. The van der Waals surface area contributed by atoms with E-state index in [1.54, 1.807) is 0 Å². The second kappa shape index (κ2) is 21.6. The zero-order chi connectivity index (χ0) is 66.1. The van der Waals surface area contributed by atoms with Crippen LogP contribution in [0.1, 0.15) is 0 Å². The number of rotatable bonds is 3. The number of H-pyrrole nitrogens is 1. The minimum atomic E-state index is 0.196. The minimum Gasteiger partial charge on any atom is -0.456 e.